The van der Waals surface area contributed by atoms with E-state index < -0.39 is 0 Å². The first kappa shape index (κ1) is 12.6. The van der Waals surface area contributed by atoms with Crippen molar-refractivity contribution >= 4 is 0 Å². The van der Waals surface area contributed by atoms with Crippen molar-refractivity contribution in [3.8, 4) is 0 Å². The van der Waals surface area contributed by atoms with E-state index in [1.165, 1.54) is 38.5 Å². The lowest BCUT2D eigenvalue weighted by Gasteiger charge is -2.30. The molecule has 0 spiro atoms. The topological polar surface area (TPSA) is 51.0 Å². The lowest BCUT2D eigenvalue weighted by atomic mass is 9.83. The summed E-state index contributed by atoms with van der Waals surface area (Å²) in [4.78, 5) is 0. The third-order valence-electron chi connectivity index (χ3n) is 3.74. The number of hydrogen-bond acceptors (Lipinski definition) is 4. The largest absolute Gasteiger partial charge is 0.424 e. The number of rotatable bonds is 5. The quantitative estimate of drug-likeness (QED) is 0.855. The molecule has 1 aliphatic rings. The highest BCUT2D eigenvalue weighted by molar-refractivity contribution is 4.83. The highest BCUT2D eigenvalue weighted by atomic mass is 16.4. The lowest BCUT2D eigenvalue weighted by molar-refractivity contribution is 0.255. The van der Waals surface area contributed by atoms with Gasteiger partial charge in [0.05, 0.1) is 6.54 Å². The van der Waals surface area contributed by atoms with Crippen LogP contribution in [0.4, 0.5) is 0 Å². The zero-order chi connectivity index (χ0) is 12.1. The Morgan fingerprint density at radius 1 is 1.29 bits per heavy atom. The molecule has 0 radical (unpaired) electrons. The molecule has 0 bridgehead atoms. The van der Waals surface area contributed by atoms with E-state index >= 15 is 0 Å². The smallest absolute Gasteiger partial charge is 0.230 e. The van der Waals surface area contributed by atoms with Gasteiger partial charge in [-0.1, -0.05) is 26.2 Å². The summed E-state index contributed by atoms with van der Waals surface area (Å²) >= 11 is 0. The van der Waals surface area contributed by atoms with Crippen LogP contribution in [-0.4, -0.2) is 16.2 Å². The minimum atomic E-state index is 0.600. The first-order chi connectivity index (χ1) is 8.29. The highest BCUT2D eigenvalue weighted by Crippen LogP contribution is 2.27. The molecule has 0 saturated heterocycles. The van der Waals surface area contributed by atoms with Crippen LogP contribution in [-0.2, 0) is 6.54 Å². The third kappa shape index (κ3) is 3.53. The molecule has 1 saturated carbocycles. The van der Waals surface area contributed by atoms with Crippen molar-refractivity contribution < 1.29 is 4.42 Å². The van der Waals surface area contributed by atoms with Gasteiger partial charge in [0, 0.05) is 13.0 Å². The zero-order valence-electron chi connectivity index (χ0n) is 10.9. The van der Waals surface area contributed by atoms with E-state index in [1.807, 2.05) is 6.92 Å². The predicted octanol–water partition coefficient (Wildman–Crippen LogP) is 2.83. The third-order valence-corrected chi connectivity index (χ3v) is 3.74. The second-order valence-corrected chi connectivity index (χ2v) is 5.01. The molecule has 1 aliphatic carbocycles. The number of nitrogens with one attached hydrogen (secondary N) is 1. The van der Waals surface area contributed by atoms with Crippen LogP contribution in [0.5, 0.6) is 0 Å². The van der Waals surface area contributed by atoms with E-state index in [2.05, 4.69) is 22.4 Å². The summed E-state index contributed by atoms with van der Waals surface area (Å²) in [5, 5.41) is 11.4. The van der Waals surface area contributed by atoms with Crippen LogP contribution in [0.15, 0.2) is 4.42 Å². The Labute approximate surface area is 103 Å². The molecular weight excluding hydrogens is 214 g/mol. The fourth-order valence-electron chi connectivity index (χ4n) is 2.81. The Balaban J connectivity index is 1.82. The van der Waals surface area contributed by atoms with Gasteiger partial charge in [0.25, 0.3) is 0 Å². The lowest BCUT2D eigenvalue weighted by Crippen LogP contribution is -2.36. The molecule has 0 aliphatic heterocycles. The van der Waals surface area contributed by atoms with Crippen molar-refractivity contribution in [2.75, 3.05) is 0 Å². The Morgan fingerprint density at radius 2 is 2.06 bits per heavy atom. The summed E-state index contributed by atoms with van der Waals surface area (Å²) in [7, 11) is 0. The van der Waals surface area contributed by atoms with Crippen LogP contribution in [0.3, 0.4) is 0 Å². The van der Waals surface area contributed by atoms with Gasteiger partial charge in [-0.15, -0.1) is 10.2 Å². The van der Waals surface area contributed by atoms with E-state index in [0.29, 0.717) is 24.4 Å². The zero-order valence-corrected chi connectivity index (χ0v) is 10.9. The first-order valence-corrected chi connectivity index (χ1v) is 6.82. The van der Waals surface area contributed by atoms with Crippen molar-refractivity contribution in [1.29, 1.82) is 0 Å². The van der Waals surface area contributed by atoms with Gasteiger partial charge in [-0.2, -0.15) is 0 Å². The Bertz CT molecular complexity index is 331. The van der Waals surface area contributed by atoms with E-state index in [1.54, 1.807) is 0 Å². The standard InChI is InChI=1S/C13H23N3O/c1-3-12(11-7-5-4-6-8-11)14-9-13-16-15-10(2)17-13/h11-12,14H,3-9H2,1-2H3. The van der Waals surface area contributed by atoms with Gasteiger partial charge in [0.15, 0.2) is 0 Å². The van der Waals surface area contributed by atoms with Gasteiger partial charge in [-0.05, 0) is 25.2 Å². The molecule has 1 heterocycles. The SMILES string of the molecule is CCC(NCc1nnc(C)o1)C1CCCCC1. The maximum absolute atomic E-state index is 5.38. The second-order valence-electron chi connectivity index (χ2n) is 5.01. The van der Waals surface area contributed by atoms with Gasteiger partial charge in [-0.3, -0.25) is 0 Å². The Hall–Kier alpha value is -0.900. The fraction of sp³-hybridized carbons (Fsp3) is 0.846. The maximum atomic E-state index is 5.38. The number of nitrogens with zero attached hydrogens (tertiary/aromatic N) is 2. The second kappa shape index (κ2) is 6.15. The number of aromatic nitrogens is 2. The highest BCUT2D eigenvalue weighted by Gasteiger charge is 2.22. The molecule has 4 nitrogen and oxygen atoms in total. The molecule has 96 valence electrons. The van der Waals surface area contributed by atoms with Gasteiger partial charge in [0.1, 0.15) is 0 Å². The van der Waals surface area contributed by atoms with Crippen LogP contribution in [0, 0.1) is 12.8 Å². The van der Waals surface area contributed by atoms with Crippen LogP contribution >= 0.6 is 0 Å². The van der Waals surface area contributed by atoms with Gasteiger partial charge in [0.2, 0.25) is 11.8 Å². The van der Waals surface area contributed by atoms with Gasteiger partial charge >= 0.3 is 0 Å². The minimum absolute atomic E-state index is 0.600. The molecule has 2 rings (SSSR count). The molecule has 4 heteroatoms. The molecule has 17 heavy (non-hydrogen) atoms. The molecule has 1 unspecified atom stereocenters. The molecular formula is C13H23N3O. The van der Waals surface area contributed by atoms with Crippen molar-refractivity contribution in [1.82, 2.24) is 15.5 Å². The van der Waals surface area contributed by atoms with Crippen molar-refractivity contribution in [2.45, 2.75) is 65.0 Å². The van der Waals surface area contributed by atoms with Gasteiger partial charge in [-0.25, -0.2) is 0 Å². The predicted molar refractivity (Wildman–Crippen MR) is 66.5 cm³/mol. The molecule has 0 amide bonds. The average Bonchev–Trinajstić information content (AvgIpc) is 2.77. The Morgan fingerprint density at radius 3 is 2.65 bits per heavy atom. The van der Waals surface area contributed by atoms with E-state index in [-0.39, 0.29) is 0 Å². The monoisotopic (exact) mass is 237 g/mol. The van der Waals surface area contributed by atoms with Crippen molar-refractivity contribution in [3.05, 3.63) is 11.8 Å². The van der Waals surface area contributed by atoms with Crippen molar-refractivity contribution in [3.63, 3.8) is 0 Å². The molecule has 1 atom stereocenters. The molecule has 1 fully saturated rings. The molecule has 1 N–H and O–H groups in total. The fourth-order valence-corrected chi connectivity index (χ4v) is 2.81. The molecule has 1 aromatic heterocycles. The minimum Gasteiger partial charge on any atom is -0.424 e. The molecule has 0 aromatic carbocycles. The summed E-state index contributed by atoms with van der Waals surface area (Å²) < 4.78 is 5.38. The number of aryl methyl sites for hydroxylation is 1. The summed E-state index contributed by atoms with van der Waals surface area (Å²) in [6, 6.07) is 0.600. The van der Waals surface area contributed by atoms with Crippen LogP contribution < -0.4 is 5.32 Å². The summed E-state index contributed by atoms with van der Waals surface area (Å²) in [5.41, 5.74) is 0. The van der Waals surface area contributed by atoms with E-state index in [9.17, 15) is 0 Å². The van der Waals surface area contributed by atoms with E-state index in [4.69, 9.17) is 4.42 Å². The average molecular weight is 237 g/mol. The van der Waals surface area contributed by atoms with Crippen LogP contribution in [0.2, 0.25) is 0 Å². The van der Waals surface area contributed by atoms with Crippen molar-refractivity contribution in [2.24, 2.45) is 5.92 Å². The van der Waals surface area contributed by atoms with Gasteiger partial charge < -0.3 is 9.73 Å². The van der Waals surface area contributed by atoms with Crippen LogP contribution in [0.25, 0.3) is 0 Å². The normalized spacial score (nSPS) is 19.4. The maximum Gasteiger partial charge on any atom is 0.230 e. The summed E-state index contributed by atoms with van der Waals surface area (Å²) in [5.74, 6) is 2.18. The van der Waals surface area contributed by atoms with E-state index in [0.717, 1.165) is 5.92 Å². The number of hydrogen-bond donors (Lipinski definition) is 1. The summed E-state index contributed by atoms with van der Waals surface area (Å²) in [6.45, 7) is 4.79. The summed E-state index contributed by atoms with van der Waals surface area (Å²) in [6.07, 6.45) is 8.11. The Kier molecular flexibility index (Phi) is 4.54. The molecule has 1 aromatic rings. The first-order valence-electron chi connectivity index (χ1n) is 6.82. The van der Waals surface area contributed by atoms with Crippen LogP contribution in [0.1, 0.15) is 57.2 Å².